The van der Waals surface area contributed by atoms with Crippen LogP contribution in [0.3, 0.4) is 0 Å². The van der Waals surface area contributed by atoms with Crippen molar-refractivity contribution in [2.45, 2.75) is 33.6 Å². The van der Waals surface area contributed by atoms with E-state index in [2.05, 4.69) is 45.0 Å². The highest BCUT2D eigenvalue weighted by Crippen LogP contribution is 2.30. The Labute approximate surface area is 97.9 Å². The molecule has 0 radical (unpaired) electrons. The fourth-order valence-corrected chi connectivity index (χ4v) is 2.46. The van der Waals surface area contributed by atoms with Crippen LogP contribution in [0.5, 0.6) is 0 Å². The number of fused-ring (bicyclic) bond motifs is 1. The lowest BCUT2D eigenvalue weighted by Gasteiger charge is -2.18. The van der Waals surface area contributed by atoms with Crippen molar-refractivity contribution in [2.24, 2.45) is 17.8 Å². The van der Waals surface area contributed by atoms with Crippen LogP contribution in [0.15, 0.2) is 24.3 Å². The van der Waals surface area contributed by atoms with Crippen molar-refractivity contribution in [3.8, 4) is 0 Å². The van der Waals surface area contributed by atoms with Crippen molar-refractivity contribution in [1.29, 1.82) is 0 Å². The van der Waals surface area contributed by atoms with E-state index in [4.69, 9.17) is 0 Å². The Morgan fingerprint density at radius 2 is 1.62 bits per heavy atom. The molecule has 0 bridgehead atoms. The minimum absolute atomic E-state index is 0.194. The molecule has 0 saturated heterocycles. The van der Waals surface area contributed by atoms with Crippen LogP contribution in [0.2, 0.25) is 0 Å². The molecule has 1 heteroatoms. The summed E-state index contributed by atoms with van der Waals surface area (Å²) in [6, 6.07) is 8.44. The number of benzene rings is 1. The Morgan fingerprint density at radius 1 is 1.12 bits per heavy atom. The van der Waals surface area contributed by atoms with E-state index in [1.54, 1.807) is 0 Å². The molecule has 0 heterocycles. The molecule has 1 atom stereocenters. The maximum atomic E-state index is 12.3. The van der Waals surface area contributed by atoms with Crippen LogP contribution < -0.4 is 0 Å². The van der Waals surface area contributed by atoms with Crippen molar-refractivity contribution in [3.05, 3.63) is 35.4 Å². The van der Waals surface area contributed by atoms with E-state index in [1.807, 2.05) is 0 Å². The second kappa shape index (κ2) is 4.40. The van der Waals surface area contributed by atoms with Crippen LogP contribution >= 0.6 is 0 Å². The molecule has 1 nitrogen and oxygen atoms in total. The summed E-state index contributed by atoms with van der Waals surface area (Å²) in [5.74, 6) is 1.33. The molecule has 1 unspecified atom stereocenters. The standard InChI is InChI=1S/C15H20O/c1-10(2)11(3)15(16)14-8-12-6-4-5-7-13(12)9-14/h4-7,10-11,14H,8-9H2,1-3H3. The number of rotatable bonds is 3. The monoisotopic (exact) mass is 216 g/mol. The zero-order chi connectivity index (χ0) is 11.7. The van der Waals surface area contributed by atoms with Crippen molar-refractivity contribution in [1.82, 2.24) is 0 Å². The molecule has 16 heavy (non-hydrogen) atoms. The molecule has 1 aromatic carbocycles. The molecule has 0 spiro atoms. The number of hydrogen-bond donors (Lipinski definition) is 0. The van der Waals surface area contributed by atoms with Gasteiger partial charge in [-0.1, -0.05) is 45.0 Å². The third kappa shape index (κ3) is 2.04. The van der Waals surface area contributed by atoms with Gasteiger partial charge in [0.1, 0.15) is 5.78 Å². The third-order valence-electron chi connectivity index (χ3n) is 3.90. The maximum Gasteiger partial charge on any atom is 0.139 e. The van der Waals surface area contributed by atoms with Crippen LogP contribution in [0, 0.1) is 17.8 Å². The van der Waals surface area contributed by atoms with Crippen LogP contribution in [-0.2, 0) is 17.6 Å². The van der Waals surface area contributed by atoms with Crippen LogP contribution in [0.4, 0.5) is 0 Å². The van der Waals surface area contributed by atoms with E-state index in [9.17, 15) is 4.79 Å². The maximum absolute atomic E-state index is 12.3. The van der Waals surface area contributed by atoms with Gasteiger partial charge in [-0.05, 0) is 29.9 Å². The van der Waals surface area contributed by atoms with Gasteiger partial charge in [0.15, 0.2) is 0 Å². The van der Waals surface area contributed by atoms with E-state index in [0.29, 0.717) is 11.7 Å². The lowest BCUT2D eigenvalue weighted by molar-refractivity contribution is -0.127. The predicted octanol–water partition coefficient (Wildman–Crippen LogP) is 3.26. The molecule has 0 amide bonds. The van der Waals surface area contributed by atoms with E-state index in [0.717, 1.165) is 12.8 Å². The molecular formula is C15H20O. The van der Waals surface area contributed by atoms with Gasteiger partial charge in [0.05, 0.1) is 0 Å². The zero-order valence-corrected chi connectivity index (χ0v) is 10.4. The van der Waals surface area contributed by atoms with Gasteiger partial charge in [-0.15, -0.1) is 0 Å². The average Bonchev–Trinajstić information content (AvgIpc) is 2.70. The summed E-state index contributed by atoms with van der Waals surface area (Å²) < 4.78 is 0. The Bertz CT molecular complexity index is 367. The van der Waals surface area contributed by atoms with Gasteiger partial charge in [0, 0.05) is 11.8 Å². The molecule has 1 aliphatic rings. The summed E-state index contributed by atoms with van der Waals surface area (Å²) in [5.41, 5.74) is 2.74. The average molecular weight is 216 g/mol. The number of carbonyl (C=O) groups excluding carboxylic acids is 1. The molecule has 0 aliphatic heterocycles. The van der Waals surface area contributed by atoms with Gasteiger partial charge in [0.2, 0.25) is 0 Å². The summed E-state index contributed by atoms with van der Waals surface area (Å²) in [4.78, 5) is 12.3. The molecule has 2 rings (SSSR count). The highest BCUT2D eigenvalue weighted by atomic mass is 16.1. The number of carbonyl (C=O) groups is 1. The summed E-state index contributed by atoms with van der Waals surface area (Å²) in [6.07, 6.45) is 1.90. The first kappa shape index (κ1) is 11.4. The summed E-state index contributed by atoms with van der Waals surface area (Å²) in [6.45, 7) is 6.32. The predicted molar refractivity (Wildman–Crippen MR) is 66.3 cm³/mol. The summed E-state index contributed by atoms with van der Waals surface area (Å²) in [5, 5.41) is 0. The van der Waals surface area contributed by atoms with Crippen LogP contribution in [-0.4, -0.2) is 5.78 Å². The fourth-order valence-electron chi connectivity index (χ4n) is 2.46. The molecule has 1 aromatic rings. The SMILES string of the molecule is CC(C)C(C)C(=O)C1Cc2ccccc2C1. The third-order valence-corrected chi connectivity index (χ3v) is 3.90. The van der Waals surface area contributed by atoms with E-state index < -0.39 is 0 Å². The summed E-state index contributed by atoms with van der Waals surface area (Å²) >= 11 is 0. The van der Waals surface area contributed by atoms with E-state index >= 15 is 0 Å². The second-order valence-corrected chi connectivity index (χ2v) is 5.31. The first-order valence-electron chi connectivity index (χ1n) is 6.20. The molecule has 0 fully saturated rings. The van der Waals surface area contributed by atoms with Crippen molar-refractivity contribution in [3.63, 3.8) is 0 Å². The minimum Gasteiger partial charge on any atom is -0.299 e. The fraction of sp³-hybridized carbons (Fsp3) is 0.533. The summed E-state index contributed by atoms with van der Waals surface area (Å²) in [7, 11) is 0. The van der Waals surface area contributed by atoms with Crippen molar-refractivity contribution >= 4 is 5.78 Å². The van der Waals surface area contributed by atoms with Gasteiger partial charge in [-0.3, -0.25) is 4.79 Å². The normalized spacial score (nSPS) is 17.5. The number of Topliss-reactive ketones (excluding diaryl/α,β-unsaturated/α-hetero) is 1. The van der Waals surface area contributed by atoms with E-state index in [-0.39, 0.29) is 11.8 Å². The Kier molecular flexibility index (Phi) is 3.13. The van der Waals surface area contributed by atoms with Gasteiger partial charge in [-0.25, -0.2) is 0 Å². The van der Waals surface area contributed by atoms with Crippen molar-refractivity contribution < 1.29 is 4.79 Å². The van der Waals surface area contributed by atoms with Gasteiger partial charge < -0.3 is 0 Å². The largest absolute Gasteiger partial charge is 0.299 e. The smallest absolute Gasteiger partial charge is 0.139 e. The Morgan fingerprint density at radius 3 is 2.06 bits per heavy atom. The Hall–Kier alpha value is -1.11. The zero-order valence-electron chi connectivity index (χ0n) is 10.4. The second-order valence-electron chi connectivity index (χ2n) is 5.31. The van der Waals surface area contributed by atoms with Crippen molar-refractivity contribution in [2.75, 3.05) is 0 Å². The first-order valence-corrected chi connectivity index (χ1v) is 6.20. The van der Waals surface area contributed by atoms with Gasteiger partial charge >= 0.3 is 0 Å². The molecule has 0 aromatic heterocycles. The highest BCUT2D eigenvalue weighted by Gasteiger charge is 2.30. The minimum atomic E-state index is 0.194. The van der Waals surface area contributed by atoms with E-state index in [1.165, 1.54) is 11.1 Å². The number of ketones is 1. The lowest BCUT2D eigenvalue weighted by Crippen LogP contribution is -2.25. The molecular weight excluding hydrogens is 196 g/mol. The number of hydrogen-bond acceptors (Lipinski definition) is 1. The molecule has 1 aliphatic carbocycles. The lowest BCUT2D eigenvalue weighted by atomic mass is 9.85. The molecule has 0 N–H and O–H groups in total. The highest BCUT2D eigenvalue weighted by molar-refractivity contribution is 5.84. The quantitative estimate of drug-likeness (QED) is 0.758. The molecule has 0 saturated carbocycles. The topological polar surface area (TPSA) is 17.1 Å². The molecule has 86 valence electrons. The van der Waals surface area contributed by atoms with Gasteiger partial charge in [0.25, 0.3) is 0 Å². The first-order chi connectivity index (χ1) is 7.59. The Balaban J connectivity index is 2.09. The van der Waals surface area contributed by atoms with Crippen LogP contribution in [0.1, 0.15) is 31.9 Å². The van der Waals surface area contributed by atoms with Crippen LogP contribution in [0.25, 0.3) is 0 Å². The van der Waals surface area contributed by atoms with Gasteiger partial charge in [-0.2, -0.15) is 0 Å².